The van der Waals surface area contributed by atoms with E-state index < -0.39 is 0 Å². The van der Waals surface area contributed by atoms with Gasteiger partial charge in [-0.2, -0.15) is 0 Å². The molecule has 2 unspecified atom stereocenters. The van der Waals surface area contributed by atoms with Crippen molar-refractivity contribution < 1.29 is 9.13 Å². The predicted octanol–water partition coefficient (Wildman–Crippen LogP) is 3.44. The van der Waals surface area contributed by atoms with E-state index in [0.29, 0.717) is 16.2 Å². The molecular weight excluding hydrogens is 251 g/mol. The number of hydrogen-bond acceptors (Lipinski definition) is 2. The lowest BCUT2D eigenvalue weighted by Crippen LogP contribution is -2.16. The SMILES string of the molecule is CC(C1CCOC1)n1c(=S)[nH]c2c(F)cccc21. The van der Waals surface area contributed by atoms with E-state index in [4.69, 9.17) is 17.0 Å². The van der Waals surface area contributed by atoms with Gasteiger partial charge in [0.1, 0.15) is 11.3 Å². The summed E-state index contributed by atoms with van der Waals surface area (Å²) in [6, 6.07) is 5.28. The third-order valence-corrected chi connectivity index (χ3v) is 4.06. The first-order valence-electron chi connectivity index (χ1n) is 6.15. The molecule has 1 fully saturated rings. The normalized spacial score (nSPS) is 21.6. The molecule has 3 nitrogen and oxygen atoms in total. The summed E-state index contributed by atoms with van der Waals surface area (Å²) in [6.07, 6.45) is 1.03. The van der Waals surface area contributed by atoms with Crippen molar-refractivity contribution in [2.45, 2.75) is 19.4 Å². The van der Waals surface area contributed by atoms with Crippen LogP contribution in [0.25, 0.3) is 11.0 Å². The molecule has 18 heavy (non-hydrogen) atoms. The van der Waals surface area contributed by atoms with Gasteiger partial charge in [0.15, 0.2) is 4.77 Å². The minimum Gasteiger partial charge on any atom is -0.381 e. The number of rotatable bonds is 2. The second-order valence-electron chi connectivity index (χ2n) is 4.80. The second-order valence-corrected chi connectivity index (χ2v) is 5.19. The molecule has 3 rings (SSSR count). The van der Waals surface area contributed by atoms with Crippen molar-refractivity contribution in [3.63, 3.8) is 0 Å². The van der Waals surface area contributed by atoms with E-state index in [2.05, 4.69) is 11.9 Å². The van der Waals surface area contributed by atoms with Crippen LogP contribution in [0.5, 0.6) is 0 Å². The van der Waals surface area contributed by atoms with Crippen LogP contribution in [0.2, 0.25) is 0 Å². The molecule has 0 radical (unpaired) electrons. The fourth-order valence-electron chi connectivity index (χ4n) is 2.66. The van der Waals surface area contributed by atoms with Crippen LogP contribution in [-0.4, -0.2) is 22.8 Å². The molecule has 2 aromatic rings. The van der Waals surface area contributed by atoms with Crippen molar-refractivity contribution >= 4 is 23.3 Å². The quantitative estimate of drug-likeness (QED) is 0.844. The number of halogens is 1. The largest absolute Gasteiger partial charge is 0.381 e. The highest BCUT2D eigenvalue weighted by Crippen LogP contribution is 2.30. The van der Waals surface area contributed by atoms with E-state index in [-0.39, 0.29) is 11.9 Å². The average Bonchev–Trinajstić information content (AvgIpc) is 2.96. The van der Waals surface area contributed by atoms with Crippen LogP contribution < -0.4 is 0 Å². The van der Waals surface area contributed by atoms with Crippen molar-refractivity contribution in [3.8, 4) is 0 Å². The van der Waals surface area contributed by atoms with Gasteiger partial charge in [-0.3, -0.25) is 0 Å². The van der Waals surface area contributed by atoms with Crippen LogP contribution in [0.4, 0.5) is 4.39 Å². The van der Waals surface area contributed by atoms with Crippen LogP contribution in [0.3, 0.4) is 0 Å². The van der Waals surface area contributed by atoms with Crippen LogP contribution >= 0.6 is 12.2 Å². The maximum atomic E-state index is 13.7. The first-order chi connectivity index (χ1) is 8.68. The number of nitrogens with one attached hydrogen (secondary N) is 1. The van der Waals surface area contributed by atoms with E-state index in [1.54, 1.807) is 6.07 Å². The number of fused-ring (bicyclic) bond motifs is 1. The molecule has 5 heteroatoms. The zero-order valence-corrected chi connectivity index (χ0v) is 11.0. The highest BCUT2D eigenvalue weighted by molar-refractivity contribution is 7.71. The molecule has 2 atom stereocenters. The van der Waals surface area contributed by atoms with Crippen LogP contribution in [0.1, 0.15) is 19.4 Å². The van der Waals surface area contributed by atoms with Gasteiger partial charge in [0.05, 0.1) is 12.1 Å². The maximum absolute atomic E-state index is 13.7. The van der Waals surface area contributed by atoms with Crippen molar-refractivity contribution in [3.05, 3.63) is 28.8 Å². The Balaban J connectivity index is 2.13. The minimum atomic E-state index is -0.257. The van der Waals surface area contributed by atoms with Gasteiger partial charge in [-0.05, 0) is 37.7 Å². The summed E-state index contributed by atoms with van der Waals surface area (Å²) in [5, 5.41) is 0. The monoisotopic (exact) mass is 266 g/mol. The highest BCUT2D eigenvalue weighted by Gasteiger charge is 2.25. The molecule has 1 aromatic heterocycles. The van der Waals surface area contributed by atoms with Crippen molar-refractivity contribution in [2.75, 3.05) is 13.2 Å². The molecule has 1 saturated heterocycles. The third-order valence-electron chi connectivity index (χ3n) is 3.76. The van der Waals surface area contributed by atoms with Gasteiger partial charge in [-0.1, -0.05) is 6.07 Å². The number of hydrogen-bond donors (Lipinski definition) is 1. The summed E-state index contributed by atoms with van der Waals surface area (Å²) in [4.78, 5) is 2.96. The lowest BCUT2D eigenvalue weighted by atomic mass is 10.0. The average molecular weight is 266 g/mol. The number of imidazole rings is 1. The number of benzene rings is 1. The lowest BCUT2D eigenvalue weighted by Gasteiger charge is -2.20. The number of para-hydroxylation sites is 1. The maximum Gasteiger partial charge on any atom is 0.178 e. The summed E-state index contributed by atoms with van der Waals surface area (Å²) >= 11 is 5.32. The molecule has 1 aliphatic rings. The topological polar surface area (TPSA) is 29.9 Å². The zero-order chi connectivity index (χ0) is 12.7. The molecule has 1 N–H and O–H groups in total. The van der Waals surface area contributed by atoms with E-state index in [9.17, 15) is 4.39 Å². The number of H-pyrrole nitrogens is 1. The van der Waals surface area contributed by atoms with Crippen molar-refractivity contribution in [2.24, 2.45) is 5.92 Å². The van der Waals surface area contributed by atoms with E-state index in [0.717, 1.165) is 25.2 Å². The van der Waals surface area contributed by atoms with E-state index in [1.807, 2.05) is 10.6 Å². The number of aromatic nitrogens is 2. The Morgan fingerprint density at radius 1 is 1.56 bits per heavy atom. The predicted molar refractivity (Wildman–Crippen MR) is 70.7 cm³/mol. The molecule has 2 heterocycles. The number of nitrogens with zero attached hydrogens (tertiary/aromatic N) is 1. The van der Waals surface area contributed by atoms with Gasteiger partial charge in [-0.25, -0.2) is 4.39 Å². The molecule has 0 saturated carbocycles. The zero-order valence-electron chi connectivity index (χ0n) is 10.1. The molecule has 0 amide bonds. The summed E-state index contributed by atoms with van der Waals surface area (Å²) in [6.45, 7) is 3.68. The summed E-state index contributed by atoms with van der Waals surface area (Å²) in [7, 11) is 0. The third kappa shape index (κ3) is 1.78. The minimum absolute atomic E-state index is 0.218. The Morgan fingerprint density at radius 2 is 2.39 bits per heavy atom. The number of aromatic amines is 1. The fourth-order valence-corrected chi connectivity index (χ4v) is 3.03. The number of ether oxygens (including phenoxy) is 1. The molecular formula is C13H15FN2OS. The van der Waals surface area contributed by atoms with Gasteiger partial charge in [0.25, 0.3) is 0 Å². The van der Waals surface area contributed by atoms with Gasteiger partial charge < -0.3 is 14.3 Å². The fraction of sp³-hybridized carbons (Fsp3) is 0.462. The molecule has 0 bridgehead atoms. The molecule has 1 aromatic carbocycles. The Morgan fingerprint density at radius 3 is 3.11 bits per heavy atom. The molecule has 0 spiro atoms. The Hall–Kier alpha value is -1.20. The second kappa shape index (κ2) is 4.48. The van der Waals surface area contributed by atoms with Crippen molar-refractivity contribution in [1.82, 2.24) is 9.55 Å². The molecule has 96 valence electrons. The van der Waals surface area contributed by atoms with E-state index in [1.165, 1.54) is 6.07 Å². The van der Waals surface area contributed by atoms with Crippen LogP contribution in [0, 0.1) is 16.5 Å². The summed E-state index contributed by atoms with van der Waals surface area (Å²) < 4.78 is 21.7. The Bertz CT molecular complexity index is 627. The Labute approximate surface area is 110 Å². The molecule has 0 aliphatic carbocycles. The van der Waals surface area contributed by atoms with Crippen molar-refractivity contribution in [1.29, 1.82) is 0 Å². The Kier molecular flexibility index (Phi) is 2.95. The van der Waals surface area contributed by atoms with Gasteiger partial charge in [0.2, 0.25) is 0 Å². The molecule has 1 aliphatic heterocycles. The van der Waals surface area contributed by atoms with Crippen LogP contribution in [-0.2, 0) is 4.74 Å². The van der Waals surface area contributed by atoms with Gasteiger partial charge >= 0.3 is 0 Å². The van der Waals surface area contributed by atoms with E-state index >= 15 is 0 Å². The van der Waals surface area contributed by atoms with Crippen LogP contribution in [0.15, 0.2) is 18.2 Å². The summed E-state index contributed by atoms with van der Waals surface area (Å²) in [5.41, 5.74) is 1.33. The first kappa shape index (κ1) is 11.9. The van der Waals surface area contributed by atoms with Gasteiger partial charge in [0, 0.05) is 18.6 Å². The first-order valence-corrected chi connectivity index (χ1v) is 6.56. The smallest absolute Gasteiger partial charge is 0.178 e. The highest BCUT2D eigenvalue weighted by atomic mass is 32.1. The standard InChI is InChI=1S/C13H15FN2OS/c1-8(9-5-6-17-7-9)16-11-4-2-3-10(14)12(11)15-13(16)18/h2-4,8-9H,5-7H2,1H3,(H,15,18). The van der Waals surface area contributed by atoms with Gasteiger partial charge in [-0.15, -0.1) is 0 Å². The summed E-state index contributed by atoms with van der Waals surface area (Å²) in [5.74, 6) is 0.186. The lowest BCUT2D eigenvalue weighted by molar-refractivity contribution is 0.175.